The molecule has 0 atom stereocenters. The van der Waals surface area contributed by atoms with E-state index in [0.717, 1.165) is 25.2 Å². The van der Waals surface area contributed by atoms with Crippen LogP contribution < -0.4 is 4.90 Å². The van der Waals surface area contributed by atoms with Crippen molar-refractivity contribution in [3.8, 4) is 0 Å². The van der Waals surface area contributed by atoms with Gasteiger partial charge < -0.3 is 19.1 Å². The summed E-state index contributed by atoms with van der Waals surface area (Å²) < 4.78 is 10.6. The van der Waals surface area contributed by atoms with Gasteiger partial charge in [-0.1, -0.05) is 12.1 Å². The number of carbonyl (C=O) groups excluding carboxylic acids is 1. The highest BCUT2D eigenvalue weighted by Crippen LogP contribution is 2.20. The highest BCUT2D eigenvalue weighted by atomic mass is 16.5. The van der Waals surface area contributed by atoms with Crippen LogP contribution in [-0.4, -0.2) is 54.3 Å². The van der Waals surface area contributed by atoms with E-state index >= 15 is 0 Å². The lowest BCUT2D eigenvalue weighted by Gasteiger charge is -2.29. The fraction of sp³-hybridized carbons (Fsp3) is 0.471. The Morgan fingerprint density at radius 3 is 2.88 bits per heavy atom. The number of hydrogen-bond donors (Lipinski definition) is 0. The summed E-state index contributed by atoms with van der Waals surface area (Å²) in [7, 11) is 1.76. The first kappa shape index (κ1) is 16.4. The molecule has 7 heteroatoms. The molecule has 0 aliphatic carbocycles. The van der Waals surface area contributed by atoms with Crippen LogP contribution in [0.1, 0.15) is 28.7 Å². The first-order chi connectivity index (χ1) is 11.7. The van der Waals surface area contributed by atoms with Gasteiger partial charge in [-0.05, 0) is 18.6 Å². The molecule has 1 aliphatic heterocycles. The zero-order chi connectivity index (χ0) is 16.9. The molecule has 128 valence electrons. The third-order valence-electron chi connectivity index (χ3n) is 4.04. The third kappa shape index (κ3) is 3.56. The predicted molar refractivity (Wildman–Crippen MR) is 88.9 cm³/mol. The molecule has 0 bridgehead atoms. The highest BCUT2D eigenvalue weighted by Gasteiger charge is 2.22. The van der Waals surface area contributed by atoms with Gasteiger partial charge in [-0.25, -0.2) is 4.98 Å². The predicted octanol–water partition coefficient (Wildman–Crippen LogP) is 1.74. The van der Waals surface area contributed by atoms with Crippen molar-refractivity contribution < 1.29 is 14.1 Å². The quantitative estimate of drug-likeness (QED) is 0.831. The SMILES string of the molecule is CCc1cc(CN(C)C(=O)c2cccnc2N2CCOCC2)on1. The van der Waals surface area contributed by atoms with Gasteiger partial charge in [0.1, 0.15) is 5.82 Å². The van der Waals surface area contributed by atoms with Crippen LogP contribution in [0.15, 0.2) is 28.9 Å². The molecule has 0 saturated carbocycles. The second kappa shape index (κ2) is 7.44. The Balaban J connectivity index is 1.76. The molecule has 1 fully saturated rings. The molecule has 2 aromatic rings. The first-order valence-corrected chi connectivity index (χ1v) is 8.16. The lowest BCUT2D eigenvalue weighted by molar-refractivity contribution is 0.0771. The van der Waals surface area contributed by atoms with Crippen molar-refractivity contribution in [2.75, 3.05) is 38.3 Å². The van der Waals surface area contributed by atoms with Gasteiger partial charge in [0, 0.05) is 32.4 Å². The van der Waals surface area contributed by atoms with E-state index in [-0.39, 0.29) is 5.91 Å². The number of amides is 1. The van der Waals surface area contributed by atoms with E-state index in [4.69, 9.17) is 9.26 Å². The highest BCUT2D eigenvalue weighted by molar-refractivity contribution is 5.98. The minimum Gasteiger partial charge on any atom is -0.378 e. The molecule has 0 unspecified atom stereocenters. The molecule has 0 aromatic carbocycles. The number of hydrogen-bond acceptors (Lipinski definition) is 6. The first-order valence-electron chi connectivity index (χ1n) is 8.16. The van der Waals surface area contributed by atoms with Gasteiger partial charge in [0.2, 0.25) is 0 Å². The van der Waals surface area contributed by atoms with Crippen LogP contribution >= 0.6 is 0 Å². The largest absolute Gasteiger partial charge is 0.378 e. The minimum absolute atomic E-state index is 0.0842. The van der Waals surface area contributed by atoms with E-state index in [2.05, 4.69) is 15.0 Å². The summed E-state index contributed by atoms with van der Waals surface area (Å²) in [4.78, 5) is 21.0. The van der Waals surface area contributed by atoms with Gasteiger partial charge in [-0.2, -0.15) is 0 Å². The number of carbonyl (C=O) groups is 1. The Kier molecular flexibility index (Phi) is 5.10. The van der Waals surface area contributed by atoms with Crippen molar-refractivity contribution in [2.24, 2.45) is 0 Å². The van der Waals surface area contributed by atoms with Gasteiger partial charge in [-0.3, -0.25) is 4.79 Å². The molecule has 0 N–H and O–H groups in total. The number of nitrogens with zero attached hydrogens (tertiary/aromatic N) is 4. The average Bonchev–Trinajstić information content (AvgIpc) is 3.09. The summed E-state index contributed by atoms with van der Waals surface area (Å²) in [5.74, 6) is 1.31. The Morgan fingerprint density at radius 1 is 1.38 bits per heavy atom. The van der Waals surface area contributed by atoms with Crippen molar-refractivity contribution in [3.05, 3.63) is 41.4 Å². The van der Waals surface area contributed by atoms with Crippen LogP contribution in [0.2, 0.25) is 0 Å². The standard InChI is InChI=1S/C17H22N4O3/c1-3-13-11-14(24-19-13)12-20(2)17(22)15-5-4-6-18-16(15)21-7-9-23-10-8-21/h4-6,11H,3,7-10,12H2,1-2H3. The minimum atomic E-state index is -0.0842. The number of rotatable bonds is 5. The molecule has 1 aliphatic rings. The molecule has 1 amide bonds. The zero-order valence-corrected chi connectivity index (χ0v) is 14.1. The van der Waals surface area contributed by atoms with E-state index in [1.165, 1.54) is 0 Å². The van der Waals surface area contributed by atoms with Gasteiger partial charge in [0.05, 0.1) is 31.0 Å². The maximum atomic E-state index is 12.9. The van der Waals surface area contributed by atoms with Crippen molar-refractivity contribution >= 4 is 11.7 Å². The monoisotopic (exact) mass is 330 g/mol. The van der Waals surface area contributed by atoms with Crippen LogP contribution in [0, 0.1) is 0 Å². The van der Waals surface area contributed by atoms with Crippen molar-refractivity contribution in [1.82, 2.24) is 15.0 Å². The lowest BCUT2D eigenvalue weighted by Crippen LogP contribution is -2.38. The molecule has 24 heavy (non-hydrogen) atoms. The van der Waals surface area contributed by atoms with E-state index in [9.17, 15) is 4.79 Å². The third-order valence-corrected chi connectivity index (χ3v) is 4.04. The molecule has 0 radical (unpaired) electrons. The summed E-state index contributed by atoms with van der Waals surface area (Å²) in [6.07, 6.45) is 2.52. The lowest BCUT2D eigenvalue weighted by atomic mass is 10.2. The summed E-state index contributed by atoms with van der Waals surface area (Å²) in [5.41, 5.74) is 1.48. The average molecular weight is 330 g/mol. The number of aromatic nitrogens is 2. The fourth-order valence-electron chi connectivity index (χ4n) is 2.70. The zero-order valence-electron chi connectivity index (χ0n) is 14.1. The van der Waals surface area contributed by atoms with Crippen LogP contribution in [0.3, 0.4) is 0 Å². The van der Waals surface area contributed by atoms with E-state index in [0.29, 0.717) is 36.9 Å². The maximum absolute atomic E-state index is 12.9. The van der Waals surface area contributed by atoms with Crippen LogP contribution in [-0.2, 0) is 17.7 Å². The van der Waals surface area contributed by atoms with Crippen LogP contribution in [0.25, 0.3) is 0 Å². The Labute approximate surface area is 141 Å². The van der Waals surface area contributed by atoms with Gasteiger partial charge in [0.15, 0.2) is 5.76 Å². The topological polar surface area (TPSA) is 71.7 Å². The molecule has 7 nitrogen and oxygen atoms in total. The number of morpholine rings is 1. The Hall–Kier alpha value is -2.41. The van der Waals surface area contributed by atoms with Gasteiger partial charge >= 0.3 is 0 Å². The summed E-state index contributed by atoms with van der Waals surface area (Å²) in [5, 5.41) is 3.96. The normalized spacial score (nSPS) is 14.7. The molecule has 0 spiro atoms. The molecule has 1 saturated heterocycles. The van der Waals surface area contributed by atoms with Crippen molar-refractivity contribution in [2.45, 2.75) is 19.9 Å². The number of ether oxygens (including phenoxy) is 1. The van der Waals surface area contributed by atoms with Crippen LogP contribution in [0.5, 0.6) is 0 Å². The molecule has 3 heterocycles. The van der Waals surface area contributed by atoms with E-state index in [1.807, 2.05) is 19.1 Å². The molecule has 2 aromatic heterocycles. The molecule has 3 rings (SSSR count). The molecular weight excluding hydrogens is 308 g/mol. The number of aryl methyl sites for hydroxylation is 1. The number of pyridine rings is 1. The Bertz CT molecular complexity index is 695. The second-order valence-corrected chi connectivity index (χ2v) is 5.77. The summed E-state index contributed by atoms with van der Waals surface area (Å²) >= 11 is 0. The molecular formula is C17H22N4O3. The smallest absolute Gasteiger partial charge is 0.257 e. The van der Waals surface area contributed by atoms with Gasteiger partial charge in [0.25, 0.3) is 5.91 Å². The van der Waals surface area contributed by atoms with Crippen LogP contribution in [0.4, 0.5) is 5.82 Å². The van der Waals surface area contributed by atoms with E-state index in [1.54, 1.807) is 24.2 Å². The second-order valence-electron chi connectivity index (χ2n) is 5.77. The summed E-state index contributed by atoms with van der Waals surface area (Å²) in [6.45, 7) is 5.17. The Morgan fingerprint density at radius 2 is 2.17 bits per heavy atom. The van der Waals surface area contributed by atoms with Crippen molar-refractivity contribution in [1.29, 1.82) is 0 Å². The van der Waals surface area contributed by atoms with Crippen molar-refractivity contribution in [3.63, 3.8) is 0 Å². The fourth-order valence-corrected chi connectivity index (χ4v) is 2.70. The van der Waals surface area contributed by atoms with Gasteiger partial charge in [-0.15, -0.1) is 0 Å². The summed E-state index contributed by atoms with van der Waals surface area (Å²) in [6, 6.07) is 5.49. The number of anilines is 1. The maximum Gasteiger partial charge on any atom is 0.257 e. The van der Waals surface area contributed by atoms with E-state index < -0.39 is 0 Å².